The van der Waals surface area contributed by atoms with Gasteiger partial charge in [-0.15, -0.1) is 0 Å². The number of H-pyrrole nitrogens is 1. The molecule has 0 bridgehead atoms. The highest BCUT2D eigenvalue weighted by Crippen LogP contribution is 1.94. The Morgan fingerprint density at radius 1 is 1.71 bits per heavy atom. The van der Waals surface area contributed by atoms with Crippen molar-refractivity contribution < 1.29 is 0 Å². The summed E-state index contributed by atoms with van der Waals surface area (Å²) in [5.41, 5.74) is 1.03. The van der Waals surface area contributed by atoms with Crippen molar-refractivity contribution in [2.75, 3.05) is 0 Å². The van der Waals surface area contributed by atoms with Gasteiger partial charge in [0.05, 0.1) is 0 Å². The lowest BCUT2D eigenvalue weighted by Gasteiger charge is -1.70. The van der Waals surface area contributed by atoms with Crippen LogP contribution in [0.3, 0.4) is 0 Å². The highest BCUT2D eigenvalue weighted by Gasteiger charge is 1.77. The van der Waals surface area contributed by atoms with E-state index in [-0.39, 0.29) is 0 Å². The maximum atomic E-state index is 5.15. The molecule has 1 aromatic rings. The number of hydrogen-bond donors (Lipinski definition) is 1. The molecule has 0 aliphatic rings. The molecule has 1 rings (SSSR count). The highest BCUT2D eigenvalue weighted by molar-refractivity contribution is 5.43. The van der Waals surface area contributed by atoms with E-state index in [1.165, 1.54) is 0 Å². The van der Waals surface area contributed by atoms with Gasteiger partial charge in [-0.2, -0.15) is 0 Å². The topological polar surface area (TPSA) is 15.8 Å². The first kappa shape index (κ1) is 4.19. The Balaban J connectivity index is 2.96. The first-order chi connectivity index (χ1) is 3.43. The van der Waals surface area contributed by atoms with Crippen LogP contribution in [0.1, 0.15) is 5.56 Å². The fraction of sp³-hybridized carbons (Fsp3) is 0. The number of rotatable bonds is 1. The molecule has 0 aliphatic carbocycles. The summed E-state index contributed by atoms with van der Waals surface area (Å²) in [5.74, 6) is 0. The summed E-state index contributed by atoms with van der Waals surface area (Å²) in [6.45, 7) is 5.15. The van der Waals surface area contributed by atoms with E-state index < -0.39 is 0 Å². The van der Waals surface area contributed by atoms with Gasteiger partial charge in [-0.25, -0.2) is 0 Å². The lowest BCUT2D eigenvalue weighted by molar-refractivity contribution is 1.41. The molecule has 1 N–H and O–H groups in total. The standard InChI is InChI=1S/C6H6N/c1-2-6-3-4-7-5-6/h1-5,7H. The molecule has 1 aromatic heterocycles. The Hall–Kier alpha value is -0.980. The minimum Gasteiger partial charge on any atom is -0.367 e. The monoisotopic (exact) mass is 92.1 g/mol. The molecule has 0 aromatic carbocycles. The second-order valence-corrected chi connectivity index (χ2v) is 1.31. The van der Waals surface area contributed by atoms with Crippen molar-refractivity contribution in [2.24, 2.45) is 0 Å². The lowest BCUT2D eigenvalue weighted by atomic mass is 10.3. The van der Waals surface area contributed by atoms with Gasteiger partial charge in [0.2, 0.25) is 0 Å². The normalized spacial score (nSPS) is 8.57. The molecular formula is C6H6N. The van der Waals surface area contributed by atoms with Crippen LogP contribution in [0.5, 0.6) is 0 Å². The molecule has 0 amide bonds. The largest absolute Gasteiger partial charge is 0.367 e. The summed E-state index contributed by atoms with van der Waals surface area (Å²) in [4.78, 5) is 2.87. The van der Waals surface area contributed by atoms with E-state index in [2.05, 4.69) is 4.98 Å². The summed E-state index contributed by atoms with van der Waals surface area (Å²) in [7, 11) is 0. The molecule has 1 heterocycles. The van der Waals surface area contributed by atoms with Gasteiger partial charge in [0.15, 0.2) is 0 Å². The smallest absolute Gasteiger partial charge is 0.00781 e. The molecule has 1 nitrogen and oxygen atoms in total. The Morgan fingerprint density at radius 2 is 2.57 bits per heavy atom. The molecule has 0 saturated carbocycles. The molecule has 1 radical (unpaired) electrons. The maximum Gasteiger partial charge on any atom is 0.00781 e. The molecule has 0 saturated heterocycles. The van der Waals surface area contributed by atoms with Crippen molar-refractivity contribution in [1.29, 1.82) is 0 Å². The molecule has 0 atom stereocenters. The Labute approximate surface area is 42.7 Å². The van der Waals surface area contributed by atoms with E-state index in [0.29, 0.717) is 0 Å². The summed E-state index contributed by atoms with van der Waals surface area (Å²) < 4.78 is 0. The first-order valence-corrected chi connectivity index (χ1v) is 2.11. The Bertz CT molecular complexity index is 139. The van der Waals surface area contributed by atoms with E-state index in [4.69, 9.17) is 6.58 Å². The zero-order chi connectivity index (χ0) is 5.11. The highest BCUT2D eigenvalue weighted by atomic mass is 14.6. The molecule has 35 valence electrons. The van der Waals surface area contributed by atoms with Crippen molar-refractivity contribution >= 4 is 6.08 Å². The third kappa shape index (κ3) is 0.712. The zero-order valence-electron chi connectivity index (χ0n) is 3.89. The molecule has 0 fully saturated rings. The van der Waals surface area contributed by atoms with E-state index in [1.54, 1.807) is 6.08 Å². The zero-order valence-corrected chi connectivity index (χ0v) is 3.89. The van der Waals surface area contributed by atoms with Crippen molar-refractivity contribution in [2.45, 2.75) is 0 Å². The van der Waals surface area contributed by atoms with Gasteiger partial charge in [0.1, 0.15) is 0 Å². The third-order valence-electron chi connectivity index (χ3n) is 0.814. The van der Waals surface area contributed by atoms with E-state index in [9.17, 15) is 0 Å². The van der Waals surface area contributed by atoms with Crippen LogP contribution in [-0.2, 0) is 0 Å². The second kappa shape index (κ2) is 1.65. The quantitative estimate of drug-likeness (QED) is 0.539. The maximum absolute atomic E-state index is 5.15. The minimum atomic E-state index is 1.03. The number of nitrogens with one attached hydrogen (secondary N) is 1. The van der Waals surface area contributed by atoms with Crippen molar-refractivity contribution in [3.63, 3.8) is 0 Å². The van der Waals surface area contributed by atoms with E-state index in [1.807, 2.05) is 18.5 Å². The SMILES string of the molecule is [CH]=Cc1cc[nH]c1. The van der Waals surface area contributed by atoms with Crippen molar-refractivity contribution in [3.8, 4) is 0 Å². The second-order valence-electron chi connectivity index (χ2n) is 1.31. The predicted octanol–water partition coefficient (Wildman–Crippen LogP) is 1.46. The van der Waals surface area contributed by atoms with Gasteiger partial charge < -0.3 is 4.98 Å². The van der Waals surface area contributed by atoms with Crippen LogP contribution in [0.25, 0.3) is 6.08 Å². The van der Waals surface area contributed by atoms with Gasteiger partial charge >= 0.3 is 0 Å². The first-order valence-electron chi connectivity index (χ1n) is 2.11. The number of aromatic amines is 1. The van der Waals surface area contributed by atoms with Crippen LogP contribution in [0, 0.1) is 6.58 Å². The predicted molar refractivity (Wildman–Crippen MR) is 29.6 cm³/mol. The number of hydrogen-bond acceptors (Lipinski definition) is 0. The van der Waals surface area contributed by atoms with Gasteiger partial charge in [-0.3, -0.25) is 0 Å². The van der Waals surface area contributed by atoms with E-state index >= 15 is 0 Å². The molecule has 0 aliphatic heterocycles. The van der Waals surface area contributed by atoms with Crippen LogP contribution in [-0.4, -0.2) is 4.98 Å². The van der Waals surface area contributed by atoms with Gasteiger partial charge in [0.25, 0.3) is 0 Å². The minimum absolute atomic E-state index is 1.03. The Morgan fingerprint density at radius 3 is 2.86 bits per heavy atom. The van der Waals surface area contributed by atoms with Gasteiger partial charge in [0, 0.05) is 12.4 Å². The molecular weight excluding hydrogens is 86.1 g/mol. The molecule has 0 unspecified atom stereocenters. The van der Waals surface area contributed by atoms with Crippen LogP contribution in [0.4, 0.5) is 0 Å². The molecule has 1 heteroatoms. The van der Waals surface area contributed by atoms with Crippen LogP contribution < -0.4 is 0 Å². The summed E-state index contributed by atoms with van der Waals surface area (Å²) in [5, 5.41) is 0. The average molecular weight is 92.1 g/mol. The Kier molecular flexibility index (Phi) is 0.984. The van der Waals surface area contributed by atoms with Gasteiger partial charge in [-0.1, -0.05) is 12.7 Å². The van der Waals surface area contributed by atoms with Gasteiger partial charge in [-0.05, 0) is 11.6 Å². The summed E-state index contributed by atoms with van der Waals surface area (Å²) >= 11 is 0. The van der Waals surface area contributed by atoms with Crippen molar-refractivity contribution in [1.82, 2.24) is 4.98 Å². The van der Waals surface area contributed by atoms with E-state index in [0.717, 1.165) is 5.56 Å². The third-order valence-corrected chi connectivity index (χ3v) is 0.814. The van der Waals surface area contributed by atoms with Crippen LogP contribution >= 0.6 is 0 Å². The average Bonchev–Trinajstić information content (AvgIpc) is 2.14. The van der Waals surface area contributed by atoms with Crippen molar-refractivity contribution in [3.05, 3.63) is 30.6 Å². The van der Waals surface area contributed by atoms with Crippen LogP contribution in [0.2, 0.25) is 0 Å². The van der Waals surface area contributed by atoms with Crippen LogP contribution in [0.15, 0.2) is 18.5 Å². The lowest BCUT2D eigenvalue weighted by Crippen LogP contribution is -1.53. The number of aromatic nitrogens is 1. The fourth-order valence-electron chi connectivity index (χ4n) is 0.440. The molecule has 0 spiro atoms. The summed E-state index contributed by atoms with van der Waals surface area (Å²) in [6.07, 6.45) is 5.22. The molecule has 7 heavy (non-hydrogen) atoms. The fourth-order valence-corrected chi connectivity index (χ4v) is 0.440. The summed E-state index contributed by atoms with van der Waals surface area (Å²) in [6, 6.07) is 1.90.